The Morgan fingerprint density at radius 1 is 1.25 bits per heavy atom. The Balaban J connectivity index is 1.71. The van der Waals surface area contributed by atoms with Gasteiger partial charge in [0.25, 0.3) is 5.91 Å². The molecular weight excluding hydrogens is 260 g/mol. The number of H-pyrrole nitrogens is 1. The summed E-state index contributed by atoms with van der Waals surface area (Å²) in [6.45, 7) is 0.519. The lowest BCUT2D eigenvalue weighted by Gasteiger charge is -2.07. The van der Waals surface area contributed by atoms with Crippen LogP contribution in [0, 0.1) is 0 Å². The first-order chi connectivity index (χ1) is 9.74. The third-order valence-electron chi connectivity index (χ3n) is 2.96. The van der Waals surface area contributed by atoms with E-state index in [0.29, 0.717) is 23.6 Å². The van der Waals surface area contributed by atoms with Gasteiger partial charge in [-0.1, -0.05) is 12.1 Å². The van der Waals surface area contributed by atoms with E-state index in [4.69, 9.17) is 9.47 Å². The van der Waals surface area contributed by atoms with Gasteiger partial charge in [0.05, 0.1) is 5.56 Å². The number of carbonyl (C=O) groups is 1. The Hall–Kier alpha value is -2.76. The average molecular weight is 272 g/mol. The first-order valence-electron chi connectivity index (χ1n) is 6.08. The van der Waals surface area contributed by atoms with Crippen LogP contribution in [0.2, 0.25) is 0 Å². The van der Waals surface area contributed by atoms with E-state index in [0.717, 1.165) is 5.56 Å². The Morgan fingerprint density at radius 3 is 2.95 bits per heavy atom. The molecule has 6 heteroatoms. The molecule has 0 radical (unpaired) electrons. The normalized spacial score (nSPS) is 12.2. The molecule has 1 aliphatic heterocycles. The molecule has 0 aliphatic carbocycles. The minimum Gasteiger partial charge on any atom is -0.454 e. The molecule has 0 saturated carbocycles. The molecule has 0 unspecified atom stereocenters. The van der Waals surface area contributed by atoms with Gasteiger partial charge in [-0.15, -0.1) is 0 Å². The van der Waals surface area contributed by atoms with Gasteiger partial charge >= 0.3 is 0 Å². The lowest BCUT2D eigenvalue weighted by molar-refractivity contribution is 0.0950. The molecule has 0 fully saturated rings. The third-order valence-corrected chi connectivity index (χ3v) is 2.96. The van der Waals surface area contributed by atoms with E-state index in [2.05, 4.69) is 10.3 Å². The van der Waals surface area contributed by atoms with Gasteiger partial charge in [-0.3, -0.25) is 9.59 Å². The number of pyridine rings is 1. The lowest BCUT2D eigenvalue weighted by atomic mass is 10.2. The smallest absolute Gasteiger partial charge is 0.253 e. The Kier molecular flexibility index (Phi) is 3.12. The first kappa shape index (κ1) is 12.3. The van der Waals surface area contributed by atoms with Gasteiger partial charge in [-0.2, -0.15) is 0 Å². The minimum atomic E-state index is -0.266. The van der Waals surface area contributed by atoms with E-state index in [1.165, 1.54) is 18.3 Å². The molecule has 102 valence electrons. The maximum Gasteiger partial charge on any atom is 0.253 e. The summed E-state index contributed by atoms with van der Waals surface area (Å²) in [6.07, 6.45) is 1.38. The van der Waals surface area contributed by atoms with Gasteiger partial charge in [-0.25, -0.2) is 0 Å². The second-order valence-electron chi connectivity index (χ2n) is 4.28. The number of nitrogens with one attached hydrogen (secondary N) is 2. The van der Waals surface area contributed by atoms with Gasteiger partial charge in [0.2, 0.25) is 12.4 Å². The molecule has 6 nitrogen and oxygen atoms in total. The van der Waals surface area contributed by atoms with Gasteiger partial charge in [0.1, 0.15) is 0 Å². The van der Waals surface area contributed by atoms with E-state index in [-0.39, 0.29) is 18.3 Å². The van der Waals surface area contributed by atoms with E-state index in [1.54, 1.807) is 0 Å². The summed E-state index contributed by atoms with van der Waals surface area (Å²) in [7, 11) is 0. The van der Waals surface area contributed by atoms with Crippen LogP contribution in [0.5, 0.6) is 11.5 Å². The molecule has 1 aromatic carbocycles. The summed E-state index contributed by atoms with van der Waals surface area (Å²) in [5.74, 6) is 1.08. The van der Waals surface area contributed by atoms with Crippen molar-refractivity contribution in [3.63, 3.8) is 0 Å². The van der Waals surface area contributed by atoms with E-state index in [9.17, 15) is 9.59 Å². The number of aromatic nitrogens is 1. The van der Waals surface area contributed by atoms with Crippen LogP contribution in [0.4, 0.5) is 0 Å². The van der Waals surface area contributed by atoms with Crippen molar-refractivity contribution in [3.8, 4) is 11.5 Å². The van der Waals surface area contributed by atoms with Crippen molar-refractivity contribution in [1.29, 1.82) is 0 Å². The van der Waals surface area contributed by atoms with Gasteiger partial charge in [0, 0.05) is 24.4 Å². The Bertz CT molecular complexity index is 688. The van der Waals surface area contributed by atoms with Crippen molar-refractivity contribution in [3.05, 3.63) is 58.0 Å². The third kappa shape index (κ3) is 2.35. The van der Waals surface area contributed by atoms with Gasteiger partial charge in [-0.05, 0) is 12.1 Å². The topological polar surface area (TPSA) is 80.4 Å². The lowest BCUT2D eigenvalue weighted by Crippen LogP contribution is -2.23. The maximum absolute atomic E-state index is 11.9. The molecule has 1 amide bonds. The number of ether oxygens (including phenoxy) is 2. The van der Waals surface area contributed by atoms with E-state index >= 15 is 0 Å². The Labute approximate surface area is 114 Å². The van der Waals surface area contributed by atoms with Crippen LogP contribution in [-0.4, -0.2) is 17.7 Å². The molecule has 20 heavy (non-hydrogen) atoms. The predicted molar refractivity (Wildman–Crippen MR) is 70.8 cm³/mol. The molecule has 0 bridgehead atoms. The number of para-hydroxylation sites is 1. The van der Waals surface area contributed by atoms with Crippen LogP contribution in [-0.2, 0) is 6.54 Å². The summed E-state index contributed by atoms with van der Waals surface area (Å²) < 4.78 is 10.6. The van der Waals surface area contributed by atoms with Crippen molar-refractivity contribution in [1.82, 2.24) is 10.3 Å². The van der Waals surface area contributed by atoms with Crippen LogP contribution < -0.4 is 20.3 Å². The SMILES string of the molecule is O=C(NCc1cccc2c1OCO2)c1ccc(=O)[nH]c1. The fraction of sp³-hybridized carbons (Fsp3) is 0.143. The average Bonchev–Trinajstić information content (AvgIpc) is 2.94. The number of hydrogen-bond donors (Lipinski definition) is 2. The summed E-state index contributed by atoms with van der Waals surface area (Å²) >= 11 is 0. The van der Waals surface area contributed by atoms with Crippen molar-refractivity contribution in [2.75, 3.05) is 6.79 Å². The molecule has 2 heterocycles. The summed E-state index contributed by atoms with van der Waals surface area (Å²) in [4.78, 5) is 25.3. The van der Waals surface area contributed by atoms with Crippen molar-refractivity contribution < 1.29 is 14.3 Å². The predicted octanol–water partition coefficient (Wildman–Crippen LogP) is 1.03. The number of benzene rings is 1. The van der Waals surface area contributed by atoms with E-state index < -0.39 is 0 Å². The highest BCUT2D eigenvalue weighted by atomic mass is 16.7. The zero-order valence-electron chi connectivity index (χ0n) is 10.5. The number of aromatic amines is 1. The number of amides is 1. The highest BCUT2D eigenvalue weighted by molar-refractivity contribution is 5.93. The molecule has 3 rings (SSSR count). The van der Waals surface area contributed by atoms with Crippen molar-refractivity contribution in [2.45, 2.75) is 6.54 Å². The number of hydrogen-bond acceptors (Lipinski definition) is 4. The fourth-order valence-corrected chi connectivity index (χ4v) is 1.96. The minimum absolute atomic E-state index is 0.195. The second kappa shape index (κ2) is 5.08. The largest absolute Gasteiger partial charge is 0.454 e. The molecule has 0 spiro atoms. The van der Waals surface area contributed by atoms with Crippen molar-refractivity contribution in [2.24, 2.45) is 0 Å². The Morgan fingerprint density at radius 2 is 2.15 bits per heavy atom. The molecular formula is C14H12N2O4. The quantitative estimate of drug-likeness (QED) is 0.874. The standard InChI is InChI=1S/C14H12N2O4/c17-12-5-4-10(7-15-12)14(18)16-6-9-2-1-3-11-13(9)20-8-19-11/h1-5,7H,6,8H2,(H,15,17)(H,16,18). The summed E-state index contributed by atoms with van der Waals surface area (Å²) in [5.41, 5.74) is 1.00. The zero-order chi connectivity index (χ0) is 13.9. The summed E-state index contributed by atoms with van der Waals surface area (Å²) in [5, 5.41) is 2.77. The van der Waals surface area contributed by atoms with Crippen LogP contribution in [0.3, 0.4) is 0 Å². The second-order valence-corrected chi connectivity index (χ2v) is 4.28. The maximum atomic E-state index is 11.9. The fourth-order valence-electron chi connectivity index (χ4n) is 1.96. The van der Waals surface area contributed by atoms with E-state index in [1.807, 2.05) is 18.2 Å². The molecule has 0 atom stereocenters. The molecule has 0 saturated heterocycles. The van der Waals surface area contributed by atoms with Gasteiger partial charge in [0.15, 0.2) is 11.5 Å². The summed E-state index contributed by atoms with van der Waals surface area (Å²) in [6, 6.07) is 8.31. The highest BCUT2D eigenvalue weighted by Crippen LogP contribution is 2.35. The van der Waals surface area contributed by atoms with Gasteiger partial charge < -0.3 is 19.8 Å². The number of fused-ring (bicyclic) bond motifs is 1. The highest BCUT2D eigenvalue weighted by Gasteiger charge is 2.17. The first-order valence-corrected chi connectivity index (χ1v) is 6.08. The van der Waals surface area contributed by atoms with Crippen LogP contribution in [0.1, 0.15) is 15.9 Å². The van der Waals surface area contributed by atoms with Crippen LogP contribution in [0.25, 0.3) is 0 Å². The zero-order valence-corrected chi connectivity index (χ0v) is 10.5. The molecule has 2 N–H and O–H groups in total. The van der Waals surface area contributed by atoms with Crippen LogP contribution in [0.15, 0.2) is 41.3 Å². The molecule has 1 aliphatic rings. The van der Waals surface area contributed by atoms with Crippen LogP contribution >= 0.6 is 0 Å². The molecule has 1 aromatic heterocycles. The molecule has 2 aromatic rings. The monoisotopic (exact) mass is 272 g/mol. The number of rotatable bonds is 3. The van der Waals surface area contributed by atoms with Crippen molar-refractivity contribution >= 4 is 5.91 Å². The number of carbonyl (C=O) groups excluding carboxylic acids is 1.